The Bertz CT molecular complexity index is 999. The van der Waals surface area contributed by atoms with E-state index in [2.05, 4.69) is 15.3 Å². The molecule has 0 aliphatic rings. The van der Waals surface area contributed by atoms with Gasteiger partial charge in [0.25, 0.3) is 0 Å². The third-order valence-corrected chi connectivity index (χ3v) is 4.47. The summed E-state index contributed by atoms with van der Waals surface area (Å²) in [6, 6.07) is 7.57. The van der Waals surface area contributed by atoms with E-state index < -0.39 is 4.92 Å². The Balaban J connectivity index is 2.12. The van der Waals surface area contributed by atoms with Crippen molar-refractivity contribution in [3.8, 4) is 5.69 Å². The first kappa shape index (κ1) is 17.0. The topological polar surface area (TPSA) is 94.6 Å². The van der Waals surface area contributed by atoms with Gasteiger partial charge < -0.3 is 0 Å². The van der Waals surface area contributed by atoms with Crippen molar-refractivity contribution in [2.75, 3.05) is 0 Å². The Morgan fingerprint density at radius 1 is 1.24 bits per heavy atom. The van der Waals surface area contributed by atoms with Gasteiger partial charge in [0.2, 0.25) is 0 Å². The number of nitrogens with zero attached hydrogens (tertiary/aromatic N) is 5. The van der Waals surface area contributed by atoms with Gasteiger partial charge in [-0.3, -0.25) is 24.5 Å². The van der Waals surface area contributed by atoms with Crippen LogP contribution in [0.3, 0.4) is 0 Å². The zero-order valence-corrected chi connectivity index (χ0v) is 15.2. The molecule has 0 radical (unpaired) electrons. The van der Waals surface area contributed by atoms with E-state index in [1.54, 1.807) is 18.5 Å². The monoisotopic (exact) mass is 358 g/mol. The summed E-state index contributed by atoms with van der Waals surface area (Å²) in [7, 11) is 0. The zero-order valence-electron chi connectivity index (χ0n) is 14.3. The van der Waals surface area contributed by atoms with Gasteiger partial charge in [0, 0.05) is 5.69 Å². The highest BCUT2D eigenvalue weighted by Crippen LogP contribution is 2.28. The van der Waals surface area contributed by atoms with Gasteiger partial charge in [-0.05, 0) is 52.0 Å². The van der Waals surface area contributed by atoms with Crippen LogP contribution in [0, 0.1) is 35.7 Å². The molecule has 9 heteroatoms. The number of benzene rings is 1. The van der Waals surface area contributed by atoms with Gasteiger partial charge in [0.15, 0.2) is 10.6 Å². The Morgan fingerprint density at radius 3 is 2.44 bits per heavy atom. The SMILES string of the molecule is Cc1ccc(-n2c([C@@H](C)n3nc(C)c([N+](=O)[O-])c3C)n[nH]c2=S)cc1. The van der Waals surface area contributed by atoms with Crippen LogP contribution in [-0.4, -0.2) is 29.5 Å². The molecule has 0 spiro atoms. The summed E-state index contributed by atoms with van der Waals surface area (Å²) in [6.07, 6.45) is 0. The molecule has 2 heterocycles. The summed E-state index contributed by atoms with van der Waals surface area (Å²) in [6.45, 7) is 7.22. The van der Waals surface area contributed by atoms with Crippen molar-refractivity contribution in [1.29, 1.82) is 0 Å². The minimum Gasteiger partial charge on any atom is -0.270 e. The standard InChI is InChI=1S/C16H18N6O2S/c1-9-5-7-13(8-6-9)20-15(17-18-16(20)25)12(4)21-11(3)14(22(23)24)10(2)19-21/h5-8,12H,1-4H3,(H,18,25)/t12-/m1/s1. The van der Waals surface area contributed by atoms with E-state index in [0.29, 0.717) is 22.0 Å². The number of H-pyrrole nitrogens is 1. The normalized spacial score (nSPS) is 12.3. The fraction of sp³-hybridized carbons (Fsp3) is 0.312. The van der Waals surface area contributed by atoms with E-state index in [4.69, 9.17) is 12.2 Å². The number of aromatic nitrogens is 5. The Morgan fingerprint density at radius 2 is 1.88 bits per heavy atom. The first-order valence-corrected chi connectivity index (χ1v) is 8.16. The molecule has 8 nitrogen and oxygen atoms in total. The molecule has 1 aromatic carbocycles. The van der Waals surface area contributed by atoms with Gasteiger partial charge in [-0.15, -0.1) is 0 Å². The van der Waals surface area contributed by atoms with Crippen LogP contribution >= 0.6 is 12.2 Å². The third kappa shape index (κ3) is 2.86. The summed E-state index contributed by atoms with van der Waals surface area (Å²) in [5, 5.41) is 22.7. The maximum Gasteiger partial charge on any atom is 0.312 e. The maximum absolute atomic E-state index is 11.2. The van der Waals surface area contributed by atoms with Gasteiger partial charge in [-0.2, -0.15) is 10.2 Å². The number of aromatic amines is 1. The molecule has 0 saturated heterocycles. The summed E-state index contributed by atoms with van der Waals surface area (Å²) < 4.78 is 3.90. The zero-order chi connectivity index (χ0) is 18.3. The first-order chi connectivity index (χ1) is 11.8. The second-order valence-corrected chi connectivity index (χ2v) is 6.34. The molecule has 3 rings (SSSR count). The van der Waals surface area contributed by atoms with Gasteiger partial charge in [0.1, 0.15) is 17.4 Å². The van der Waals surface area contributed by atoms with Crippen LogP contribution in [0.15, 0.2) is 24.3 Å². The summed E-state index contributed by atoms with van der Waals surface area (Å²) >= 11 is 5.37. The van der Waals surface area contributed by atoms with E-state index >= 15 is 0 Å². The molecule has 25 heavy (non-hydrogen) atoms. The van der Waals surface area contributed by atoms with Crippen LogP contribution in [-0.2, 0) is 0 Å². The number of hydrogen-bond donors (Lipinski definition) is 1. The smallest absolute Gasteiger partial charge is 0.270 e. The Hall–Kier alpha value is -2.81. The first-order valence-electron chi connectivity index (χ1n) is 7.75. The molecule has 1 atom stereocenters. The molecular formula is C16H18N6O2S. The second kappa shape index (κ2) is 6.25. The lowest BCUT2D eigenvalue weighted by atomic mass is 10.2. The van der Waals surface area contributed by atoms with E-state index in [0.717, 1.165) is 11.3 Å². The lowest BCUT2D eigenvalue weighted by Crippen LogP contribution is -2.15. The molecule has 0 aliphatic heterocycles. The van der Waals surface area contributed by atoms with E-state index in [1.165, 1.54) is 0 Å². The number of nitro groups is 1. The van der Waals surface area contributed by atoms with Crippen molar-refractivity contribution in [1.82, 2.24) is 24.5 Å². The quantitative estimate of drug-likeness (QED) is 0.437. The van der Waals surface area contributed by atoms with Crippen molar-refractivity contribution in [2.45, 2.75) is 33.7 Å². The lowest BCUT2D eigenvalue weighted by Gasteiger charge is -2.15. The molecule has 0 bridgehead atoms. The predicted octanol–water partition coefficient (Wildman–Crippen LogP) is 3.57. The molecule has 0 aliphatic carbocycles. The molecule has 1 N–H and O–H groups in total. The van der Waals surface area contributed by atoms with Gasteiger partial charge >= 0.3 is 5.69 Å². The van der Waals surface area contributed by atoms with Crippen LogP contribution in [0.2, 0.25) is 0 Å². The predicted molar refractivity (Wildman–Crippen MR) is 95.7 cm³/mol. The van der Waals surface area contributed by atoms with Crippen LogP contribution < -0.4 is 0 Å². The van der Waals surface area contributed by atoms with Crippen LogP contribution in [0.1, 0.15) is 35.7 Å². The molecule has 0 amide bonds. The van der Waals surface area contributed by atoms with E-state index in [-0.39, 0.29) is 11.7 Å². The van der Waals surface area contributed by atoms with Gasteiger partial charge in [0.05, 0.1) is 4.92 Å². The van der Waals surface area contributed by atoms with Crippen molar-refractivity contribution >= 4 is 17.9 Å². The van der Waals surface area contributed by atoms with E-state index in [1.807, 2.05) is 42.7 Å². The average molecular weight is 358 g/mol. The molecule has 0 saturated carbocycles. The highest BCUT2D eigenvalue weighted by atomic mass is 32.1. The Labute approximate surface area is 149 Å². The number of aryl methyl sites for hydroxylation is 2. The van der Waals surface area contributed by atoms with Gasteiger partial charge in [-0.1, -0.05) is 17.7 Å². The molecule has 2 aromatic heterocycles. The fourth-order valence-electron chi connectivity index (χ4n) is 2.94. The molecular weight excluding hydrogens is 340 g/mol. The van der Waals surface area contributed by atoms with E-state index in [9.17, 15) is 10.1 Å². The number of nitrogens with one attached hydrogen (secondary N) is 1. The van der Waals surface area contributed by atoms with Crippen molar-refractivity contribution in [3.63, 3.8) is 0 Å². The van der Waals surface area contributed by atoms with Crippen molar-refractivity contribution in [3.05, 3.63) is 61.9 Å². The highest BCUT2D eigenvalue weighted by molar-refractivity contribution is 7.71. The average Bonchev–Trinajstić information content (AvgIpc) is 3.07. The van der Waals surface area contributed by atoms with Gasteiger partial charge in [-0.25, -0.2) is 0 Å². The highest BCUT2D eigenvalue weighted by Gasteiger charge is 2.27. The van der Waals surface area contributed by atoms with Crippen LogP contribution in [0.25, 0.3) is 5.69 Å². The molecule has 3 aromatic rings. The molecule has 130 valence electrons. The third-order valence-electron chi connectivity index (χ3n) is 4.20. The van der Waals surface area contributed by atoms with Crippen LogP contribution in [0.4, 0.5) is 5.69 Å². The van der Waals surface area contributed by atoms with Crippen molar-refractivity contribution < 1.29 is 4.92 Å². The molecule has 0 unspecified atom stereocenters. The minimum atomic E-state index is -0.405. The summed E-state index contributed by atoms with van der Waals surface area (Å²) in [4.78, 5) is 10.8. The number of hydrogen-bond acceptors (Lipinski definition) is 5. The Kier molecular flexibility index (Phi) is 4.25. The summed E-state index contributed by atoms with van der Waals surface area (Å²) in [5.74, 6) is 0.634. The fourth-order valence-corrected chi connectivity index (χ4v) is 3.18. The minimum absolute atomic E-state index is 0.0304. The van der Waals surface area contributed by atoms with Crippen molar-refractivity contribution in [2.24, 2.45) is 0 Å². The maximum atomic E-state index is 11.2. The lowest BCUT2D eigenvalue weighted by molar-refractivity contribution is -0.386. The largest absolute Gasteiger partial charge is 0.312 e. The summed E-state index contributed by atoms with van der Waals surface area (Å²) in [5.41, 5.74) is 2.91. The molecule has 0 fully saturated rings. The van der Waals surface area contributed by atoms with Crippen LogP contribution in [0.5, 0.6) is 0 Å². The second-order valence-electron chi connectivity index (χ2n) is 5.95. The number of rotatable bonds is 4.